The molecule has 4 amide bonds. The first-order valence-corrected chi connectivity index (χ1v) is 10.2. The number of imide groups is 1. The number of piperazine rings is 1. The zero-order valence-corrected chi connectivity index (χ0v) is 17.1. The molecule has 4 rings (SSSR count). The van der Waals surface area contributed by atoms with Crippen LogP contribution in [0.4, 0.5) is 4.79 Å². The summed E-state index contributed by atoms with van der Waals surface area (Å²) < 4.78 is 5.56. The van der Waals surface area contributed by atoms with Crippen LogP contribution in [0.1, 0.15) is 31.4 Å². The molecule has 0 radical (unpaired) electrons. The summed E-state index contributed by atoms with van der Waals surface area (Å²) in [5, 5.41) is 2.64. The number of benzene rings is 1. The van der Waals surface area contributed by atoms with E-state index < -0.39 is 11.6 Å². The summed E-state index contributed by atoms with van der Waals surface area (Å²) in [6, 6.07) is 5.97. The Morgan fingerprint density at radius 3 is 2.62 bits per heavy atom. The lowest BCUT2D eigenvalue weighted by atomic mass is 10.1. The quantitative estimate of drug-likeness (QED) is 0.746. The van der Waals surface area contributed by atoms with Gasteiger partial charge in [0.25, 0.3) is 5.91 Å². The van der Waals surface area contributed by atoms with Gasteiger partial charge in [0.05, 0.1) is 6.61 Å². The van der Waals surface area contributed by atoms with E-state index in [0.29, 0.717) is 13.1 Å². The molecule has 0 saturated carbocycles. The Balaban J connectivity index is 1.24. The lowest BCUT2D eigenvalue weighted by Crippen LogP contribution is -2.49. The van der Waals surface area contributed by atoms with Crippen molar-refractivity contribution in [2.24, 2.45) is 0 Å². The monoisotopic (exact) mass is 400 g/mol. The molecule has 3 heterocycles. The largest absolute Gasteiger partial charge is 0.493 e. The van der Waals surface area contributed by atoms with Crippen molar-refractivity contribution in [3.05, 3.63) is 29.3 Å². The fraction of sp³-hybridized carbons (Fsp3) is 0.571. The second-order valence-corrected chi connectivity index (χ2v) is 8.46. The minimum atomic E-state index is -0.893. The molecule has 0 unspecified atom stereocenters. The van der Waals surface area contributed by atoms with Crippen molar-refractivity contribution in [1.82, 2.24) is 20.0 Å². The third kappa shape index (κ3) is 4.07. The summed E-state index contributed by atoms with van der Waals surface area (Å²) in [7, 11) is 0. The minimum Gasteiger partial charge on any atom is -0.493 e. The molecule has 0 aliphatic carbocycles. The molecule has 0 aromatic heterocycles. The van der Waals surface area contributed by atoms with E-state index in [-0.39, 0.29) is 24.8 Å². The summed E-state index contributed by atoms with van der Waals surface area (Å²) in [5.41, 5.74) is 1.66. The average molecular weight is 400 g/mol. The number of nitrogens with zero attached hydrogens (tertiary/aromatic N) is 3. The van der Waals surface area contributed by atoms with Gasteiger partial charge >= 0.3 is 6.03 Å². The average Bonchev–Trinajstić information content (AvgIpc) is 3.22. The number of hydrogen-bond acceptors (Lipinski definition) is 5. The molecule has 2 saturated heterocycles. The molecule has 1 aromatic rings. The van der Waals surface area contributed by atoms with E-state index >= 15 is 0 Å². The number of hydrogen-bond donors (Lipinski definition) is 1. The highest BCUT2D eigenvalue weighted by Crippen LogP contribution is 2.26. The lowest BCUT2D eigenvalue weighted by molar-refractivity contribution is -0.134. The Labute approximate surface area is 170 Å². The molecule has 2 fully saturated rings. The molecule has 156 valence electrons. The zero-order valence-electron chi connectivity index (χ0n) is 17.1. The Morgan fingerprint density at radius 2 is 1.93 bits per heavy atom. The molecule has 0 atom stereocenters. The molecular weight excluding hydrogens is 372 g/mol. The highest BCUT2D eigenvalue weighted by atomic mass is 16.5. The van der Waals surface area contributed by atoms with Gasteiger partial charge in [-0.3, -0.25) is 19.4 Å². The van der Waals surface area contributed by atoms with E-state index in [0.717, 1.165) is 43.3 Å². The van der Waals surface area contributed by atoms with Gasteiger partial charge in [-0.05, 0) is 31.0 Å². The Morgan fingerprint density at radius 1 is 1.17 bits per heavy atom. The molecule has 3 aliphatic rings. The fourth-order valence-electron chi connectivity index (χ4n) is 4.14. The van der Waals surface area contributed by atoms with Crippen molar-refractivity contribution in [3.8, 4) is 5.75 Å². The Kier molecular flexibility index (Phi) is 5.21. The topological polar surface area (TPSA) is 82.2 Å². The number of amides is 4. The van der Waals surface area contributed by atoms with Crippen LogP contribution in [-0.4, -0.2) is 77.4 Å². The Hall–Kier alpha value is -2.61. The molecule has 3 aliphatic heterocycles. The van der Waals surface area contributed by atoms with Crippen molar-refractivity contribution in [1.29, 1.82) is 0 Å². The van der Waals surface area contributed by atoms with Crippen molar-refractivity contribution < 1.29 is 19.1 Å². The van der Waals surface area contributed by atoms with Gasteiger partial charge in [-0.25, -0.2) is 4.79 Å². The van der Waals surface area contributed by atoms with E-state index in [1.165, 1.54) is 11.1 Å². The van der Waals surface area contributed by atoms with Crippen LogP contribution in [0.15, 0.2) is 18.2 Å². The number of urea groups is 1. The van der Waals surface area contributed by atoms with Gasteiger partial charge in [0.15, 0.2) is 0 Å². The van der Waals surface area contributed by atoms with Crippen molar-refractivity contribution in [3.63, 3.8) is 0 Å². The van der Waals surface area contributed by atoms with Crippen LogP contribution in [0, 0.1) is 0 Å². The number of rotatable bonds is 5. The van der Waals surface area contributed by atoms with Gasteiger partial charge < -0.3 is 15.0 Å². The molecule has 8 nitrogen and oxygen atoms in total. The van der Waals surface area contributed by atoms with E-state index in [1.807, 2.05) is 4.90 Å². The van der Waals surface area contributed by atoms with Gasteiger partial charge in [0, 0.05) is 52.1 Å². The van der Waals surface area contributed by atoms with E-state index in [4.69, 9.17) is 4.74 Å². The number of ether oxygens (including phenoxy) is 1. The van der Waals surface area contributed by atoms with Gasteiger partial charge in [0.2, 0.25) is 5.91 Å². The number of carbonyl (C=O) groups excluding carboxylic acids is 3. The van der Waals surface area contributed by atoms with Crippen molar-refractivity contribution in [2.75, 3.05) is 39.3 Å². The highest BCUT2D eigenvalue weighted by Gasteiger charge is 2.44. The van der Waals surface area contributed by atoms with Crippen LogP contribution >= 0.6 is 0 Å². The van der Waals surface area contributed by atoms with Crippen LogP contribution in [0.5, 0.6) is 5.75 Å². The van der Waals surface area contributed by atoms with E-state index in [1.54, 1.807) is 13.8 Å². The van der Waals surface area contributed by atoms with Gasteiger partial charge in [0.1, 0.15) is 11.3 Å². The lowest BCUT2D eigenvalue weighted by Gasteiger charge is -2.35. The maximum absolute atomic E-state index is 12.5. The smallest absolute Gasteiger partial charge is 0.325 e. The van der Waals surface area contributed by atoms with Crippen LogP contribution in [0.25, 0.3) is 0 Å². The number of fused-ring (bicyclic) bond motifs is 1. The first kappa shape index (κ1) is 19.7. The summed E-state index contributed by atoms with van der Waals surface area (Å²) in [4.78, 5) is 42.0. The second kappa shape index (κ2) is 7.67. The number of nitrogens with one attached hydrogen (secondary N) is 1. The van der Waals surface area contributed by atoms with Crippen molar-refractivity contribution in [2.45, 2.75) is 38.8 Å². The molecule has 1 aromatic carbocycles. The van der Waals surface area contributed by atoms with Crippen molar-refractivity contribution >= 4 is 17.8 Å². The normalized spacial score (nSPS) is 21.2. The first-order valence-electron chi connectivity index (χ1n) is 10.2. The molecule has 0 spiro atoms. The third-order valence-corrected chi connectivity index (χ3v) is 5.88. The standard InChI is InChI=1S/C21H28N4O4/c1-21(2)19(27)25(20(28)22-21)7-5-18(26)24-10-8-23(9-11-24)14-15-3-4-17-16(13-15)6-12-29-17/h3-4,13H,5-12,14H2,1-2H3,(H,22,28). The summed E-state index contributed by atoms with van der Waals surface area (Å²) in [5.74, 6) is 0.710. The predicted octanol–water partition coefficient (Wildman–Crippen LogP) is 0.986. The molecule has 1 N–H and O–H groups in total. The molecule has 29 heavy (non-hydrogen) atoms. The summed E-state index contributed by atoms with van der Waals surface area (Å²) in [6.45, 7) is 8.06. The minimum absolute atomic E-state index is 0.00960. The number of carbonyl (C=O) groups is 3. The predicted molar refractivity (Wildman–Crippen MR) is 106 cm³/mol. The third-order valence-electron chi connectivity index (χ3n) is 5.88. The van der Waals surface area contributed by atoms with Gasteiger partial charge in [-0.15, -0.1) is 0 Å². The van der Waals surface area contributed by atoms with Gasteiger partial charge in [-0.2, -0.15) is 0 Å². The van der Waals surface area contributed by atoms with Gasteiger partial charge in [-0.1, -0.05) is 12.1 Å². The van der Waals surface area contributed by atoms with Crippen LogP contribution < -0.4 is 10.1 Å². The van der Waals surface area contributed by atoms with E-state index in [9.17, 15) is 14.4 Å². The summed E-state index contributed by atoms with van der Waals surface area (Å²) in [6.07, 6.45) is 1.14. The molecule has 8 heteroatoms. The molecule has 0 bridgehead atoms. The molecular formula is C21H28N4O4. The first-order chi connectivity index (χ1) is 13.8. The fourth-order valence-corrected chi connectivity index (χ4v) is 4.14. The summed E-state index contributed by atoms with van der Waals surface area (Å²) >= 11 is 0. The van der Waals surface area contributed by atoms with E-state index in [2.05, 4.69) is 28.4 Å². The second-order valence-electron chi connectivity index (χ2n) is 8.46. The highest BCUT2D eigenvalue weighted by molar-refractivity contribution is 6.06. The van der Waals surface area contributed by atoms with Crippen LogP contribution in [-0.2, 0) is 22.6 Å². The maximum Gasteiger partial charge on any atom is 0.325 e. The van der Waals surface area contributed by atoms with Crippen LogP contribution in [0.2, 0.25) is 0 Å². The Bertz CT molecular complexity index is 830. The maximum atomic E-state index is 12.5. The van der Waals surface area contributed by atoms with Crippen LogP contribution in [0.3, 0.4) is 0 Å². The zero-order chi connectivity index (χ0) is 20.6. The SMILES string of the molecule is CC1(C)NC(=O)N(CCC(=O)N2CCN(Cc3ccc4c(c3)CCO4)CC2)C1=O.